The number of esters is 1. The maximum Gasteiger partial charge on any atom is 0.344 e. The number of carbonyl (C=O) groups is 1. The molecule has 3 rings (SSSR count). The minimum Gasteiger partial charge on any atom is -0.481 e. The summed E-state index contributed by atoms with van der Waals surface area (Å²) in [5, 5.41) is 7.97. The van der Waals surface area contributed by atoms with E-state index in [0.29, 0.717) is 11.6 Å². The number of hydrogen-bond donors (Lipinski definition) is 0. The van der Waals surface area contributed by atoms with Crippen LogP contribution in [-0.4, -0.2) is 22.8 Å². The fraction of sp³-hybridized carbons (Fsp3) is 0.286. The molecule has 0 saturated heterocycles. The third-order valence-corrected chi connectivity index (χ3v) is 4.06. The van der Waals surface area contributed by atoms with Crippen LogP contribution in [0.5, 0.6) is 5.75 Å². The Labute approximate surface area is 158 Å². The number of carbonyl (C=O) groups excluding carboxylic acids is 1. The Balaban J connectivity index is 1.59. The van der Waals surface area contributed by atoms with Crippen molar-refractivity contribution < 1.29 is 18.7 Å². The van der Waals surface area contributed by atoms with Crippen LogP contribution in [-0.2, 0) is 9.53 Å². The largest absolute Gasteiger partial charge is 0.481 e. The van der Waals surface area contributed by atoms with E-state index in [1.165, 1.54) is 0 Å². The maximum atomic E-state index is 12.1. The molecule has 140 valence electrons. The van der Waals surface area contributed by atoms with Crippen LogP contribution < -0.4 is 4.74 Å². The highest BCUT2D eigenvalue weighted by atomic mass is 16.6. The van der Waals surface area contributed by atoms with Crippen molar-refractivity contribution in [2.75, 3.05) is 6.61 Å². The SMILES string of the molecule is Cc1cc(C)c(OCC(=O)O[C@H](C)c2nnc(-c3ccccc3)o2)c(C)c1. The van der Waals surface area contributed by atoms with Gasteiger partial charge in [-0.3, -0.25) is 0 Å². The molecule has 6 nitrogen and oxygen atoms in total. The van der Waals surface area contributed by atoms with Crippen LogP contribution in [0.3, 0.4) is 0 Å². The van der Waals surface area contributed by atoms with Gasteiger partial charge in [-0.1, -0.05) is 35.9 Å². The zero-order valence-corrected chi connectivity index (χ0v) is 15.9. The van der Waals surface area contributed by atoms with Crippen molar-refractivity contribution in [2.24, 2.45) is 0 Å². The number of aryl methyl sites for hydroxylation is 3. The van der Waals surface area contributed by atoms with Crippen molar-refractivity contribution in [3.8, 4) is 17.2 Å². The molecule has 0 aliphatic carbocycles. The second-order valence-electron chi connectivity index (χ2n) is 6.46. The van der Waals surface area contributed by atoms with Crippen molar-refractivity contribution in [3.63, 3.8) is 0 Å². The first-order valence-corrected chi connectivity index (χ1v) is 8.73. The quantitative estimate of drug-likeness (QED) is 0.604. The van der Waals surface area contributed by atoms with Gasteiger partial charge in [0.15, 0.2) is 12.7 Å². The van der Waals surface area contributed by atoms with E-state index in [9.17, 15) is 4.79 Å². The minimum absolute atomic E-state index is 0.186. The van der Waals surface area contributed by atoms with Crippen molar-refractivity contribution >= 4 is 5.97 Å². The van der Waals surface area contributed by atoms with Gasteiger partial charge in [-0.25, -0.2) is 4.79 Å². The number of aromatic nitrogens is 2. The van der Waals surface area contributed by atoms with Crippen molar-refractivity contribution in [3.05, 3.63) is 65.0 Å². The zero-order valence-electron chi connectivity index (χ0n) is 15.9. The molecule has 0 aliphatic heterocycles. The van der Waals surface area contributed by atoms with Crippen molar-refractivity contribution in [1.29, 1.82) is 0 Å². The van der Waals surface area contributed by atoms with Gasteiger partial charge in [-0.15, -0.1) is 10.2 Å². The lowest BCUT2D eigenvalue weighted by Crippen LogP contribution is -2.17. The lowest BCUT2D eigenvalue weighted by molar-refractivity contribution is -0.152. The van der Waals surface area contributed by atoms with Crippen LogP contribution in [0.2, 0.25) is 0 Å². The Bertz CT molecular complexity index is 911. The van der Waals surface area contributed by atoms with Crippen LogP contribution >= 0.6 is 0 Å². The molecule has 0 amide bonds. The smallest absolute Gasteiger partial charge is 0.344 e. The average molecular weight is 366 g/mol. The van der Waals surface area contributed by atoms with Gasteiger partial charge in [0.1, 0.15) is 5.75 Å². The van der Waals surface area contributed by atoms with Crippen LogP contribution in [0.4, 0.5) is 0 Å². The fourth-order valence-electron chi connectivity index (χ4n) is 2.90. The molecule has 1 atom stereocenters. The third-order valence-electron chi connectivity index (χ3n) is 4.06. The van der Waals surface area contributed by atoms with Gasteiger partial charge in [-0.05, 0) is 51.0 Å². The van der Waals surface area contributed by atoms with Gasteiger partial charge < -0.3 is 13.9 Å². The summed E-state index contributed by atoms with van der Waals surface area (Å²) in [5.74, 6) is 0.830. The summed E-state index contributed by atoms with van der Waals surface area (Å²) < 4.78 is 16.6. The first-order chi connectivity index (χ1) is 12.9. The average Bonchev–Trinajstić information content (AvgIpc) is 3.12. The topological polar surface area (TPSA) is 74.5 Å². The van der Waals surface area contributed by atoms with E-state index >= 15 is 0 Å². The fourth-order valence-corrected chi connectivity index (χ4v) is 2.90. The molecule has 1 heterocycles. The molecule has 0 aliphatic rings. The predicted molar refractivity (Wildman–Crippen MR) is 100 cm³/mol. The highest BCUT2D eigenvalue weighted by Gasteiger charge is 2.19. The van der Waals surface area contributed by atoms with Crippen LogP contribution in [0, 0.1) is 20.8 Å². The lowest BCUT2D eigenvalue weighted by Gasteiger charge is -2.14. The summed E-state index contributed by atoms with van der Waals surface area (Å²) in [6.07, 6.45) is -0.661. The standard InChI is InChI=1S/C21H22N2O4/c1-13-10-14(2)19(15(3)11-13)25-12-18(24)26-16(4)20-22-23-21(27-20)17-8-6-5-7-9-17/h5-11,16H,12H2,1-4H3/t16-/m1/s1. The summed E-state index contributed by atoms with van der Waals surface area (Å²) in [6.45, 7) is 7.42. The number of hydrogen-bond acceptors (Lipinski definition) is 6. The molecule has 2 aromatic carbocycles. The molecule has 0 saturated carbocycles. The Hall–Kier alpha value is -3.15. The van der Waals surface area contributed by atoms with Gasteiger partial charge >= 0.3 is 5.97 Å². The number of rotatable bonds is 6. The summed E-state index contributed by atoms with van der Waals surface area (Å²) in [6, 6.07) is 13.4. The predicted octanol–water partition coefficient (Wildman–Crippen LogP) is 4.35. The monoisotopic (exact) mass is 366 g/mol. The van der Waals surface area contributed by atoms with E-state index in [0.717, 1.165) is 22.3 Å². The van der Waals surface area contributed by atoms with Gasteiger partial charge in [-0.2, -0.15) is 0 Å². The number of ether oxygens (including phenoxy) is 2. The molecule has 0 unspecified atom stereocenters. The van der Waals surface area contributed by atoms with Gasteiger partial charge in [0.05, 0.1) is 0 Å². The second kappa shape index (κ2) is 8.03. The molecule has 0 radical (unpaired) electrons. The number of benzene rings is 2. The summed E-state index contributed by atoms with van der Waals surface area (Å²) >= 11 is 0. The van der Waals surface area contributed by atoms with Crippen LogP contribution in [0.25, 0.3) is 11.5 Å². The molecule has 0 bridgehead atoms. The highest BCUT2D eigenvalue weighted by molar-refractivity contribution is 5.71. The van der Waals surface area contributed by atoms with Crippen LogP contribution in [0.15, 0.2) is 46.9 Å². The summed E-state index contributed by atoms with van der Waals surface area (Å²) in [4.78, 5) is 12.1. The van der Waals surface area contributed by atoms with E-state index in [4.69, 9.17) is 13.9 Å². The molecular formula is C21H22N2O4. The Kier molecular flexibility index (Phi) is 5.54. The Morgan fingerprint density at radius 2 is 1.74 bits per heavy atom. The molecular weight excluding hydrogens is 344 g/mol. The number of nitrogens with zero attached hydrogens (tertiary/aromatic N) is 2. The van der Waals surface area contributed by atoms with Crippen LogP contribution in [0.1, 0.15) is 35.6 Å². The third kappa shape index (κ3) is 4.53. The normalized spacial score (nSPS) is 11.9. The van der Waals surface area contributed by atoms with E-state index in [1.807, 2.05) is 63.2 Å². The van der Waals surface area contributed by atoms with E-state index in [1.54, 1.807) is 6.92 Å². The maximum absolute atomic E-state index is 12.1. The summed E-state index contributed by atoms with van der Waals surface area (Å²) in [5.41, 5.74) is 3.93. The Morgan fingerprint density at radius 1 is 1.07 bits per heavy atom. The lowest BCUT2D eigenvalue weighted by atomic mass is 10.1. The highest BCUT2D eigenvalue weighted by Crippen LogP contribution is 2.25. The van der Waals surface area contributed by atoms with E-state index in [-0.39, 0.29) is 12.5 Å². The van der Waals surface area contributed by atoms with Gasteiger partial charge in [0.25, 0.3) is 5.89 Å². The molecule has 6 heteroatoms. The minimum atomic E-state index is -0.661. The van der Waals surface area contributed by atoms with Gasteiger partial charge in [0, 0.05) is 5.56 Å². The van der Waals surface area contributed by atoms with E-state index < -0.39 is 12.1 Å². The summed E-state index contributed by atoms with van der Waals surface area (Å²) in [7, 11) is 0. The first-order valence-electron chi connectivity index (χ1n) is 8.73. The van der Waals surface area contributed by atoms with Crippen molar-refractivity contribution in [2.45, 2.75) is 33.8 Å². The van der Waals surface area contributed by atoms with Crippen molar-refractivity contribution in [1.82, 2.24) is 10.2 Å². The second-order valence-corrected chi connectivity index (χ2v) is 6.46. The van der Waals surface area contributed by atoms with Gasteiger partial charge in [0.2, 0.25) is 5.89 Å². The molecule has 0 N–H and O–H groups in total. The molecule has 27 heavy (non-hydrogen) atoms. The molecule has 0 fully saturated rings. The Morgan fingerprint density at radius 3 is 2.41 bits per heavy atom. The van der Waals surface area contributed by atoms with E-state index in [2.05, 4.69) is 10.2 Å². The molecule has 0 spiro atoms. The zero-order chi connectivity index (χ0) is 19.4. The first kappa shape index (κ1) is 18.6. The molecule has 1 aromatic heterocycles. The molecule has 3 aromatic rings.